The molecule has 0 saturated carbocycles. The van der Waals surface area contributed by atoms with E-state index >= 15 is 0 Å². The molecular weight excluding hydrogens is 260 g/mol. The lowest BCUT2D eigenvalue weighted by Crippen LogP contribution is -2.36. The molecule has 1 saturated heterocycles. The fourth-order valence-corrected chi connectivity index (χ4v) is 2.56. The van der Waals surface area contributed by atoms with Crippen molar-refractivity contribution in [3.05, 3.63) is 29.3 Å². The molecule has 0 aromatic heterocycles. The van der Waals surface area contributed by atoms with Gasteiger partial charge in [0.2, 0.25) is 6.08 Å². The van der Waals surface area contributed by atoms with Gasteiger partial charge in [-0.2, -0.15) is 4.99 Å². The molecular formula is C14H12N2O4. The molecule has 2 aliphatic heterocycles. The van der Waals surface area contributed by atoms with E-state index in [2.05, 4.69) is 4.99 Å². The molecule has 1 aromatic carbocycles. The van der Waals surface area contributed by atoms with Crippen LogP contribution in [0.1, 0.15) is 33.6 Å². The van der Waals surface area contributed by atoms with Crippen LogP contribution in [0.25, 0.3) is 0 Å². The van der Waals surface area contributed by atoms with E-state index in [9.17, 15) is 14.4 Å². The van der Waals surface area contributed by atoms with Crippen LogP contribution in [0.3, 0.4) is 0 Å². The summed E-state index contributed by atoms with van der Waals surface area (Å²) in [5.74, 6) is -0.675. The third-order valence-corrected chi connectivity index (χ3v) is 3.54. The van der Waals surface area contributed by atoms with Crippen LogP contribution in [-0.4, -0.2) is 42.0 Å². The Morgan fingerprint density at radius 2 is 2.10 bits per heavy atom. The van der Waals surface area contributed by atoms with Gasteiger partial charge in [0.1, 0.15) is 0 Å². The molecule has 1 aromatic rings. The standard InChI is InChI=1S/C14H12N2O4/c17-8-15-9-3-4-11-12(6-9)14(19)16(13(11)18)7-10-2-1-5-20-10/h3-4,6,10H,1-2,5,7H2. The zero-order valence-electron chi connectivity index (χ0n) is 10.7. The Kier molecular flexibility index (Phi) is 3.18. The predicted molar refractivity (Wildman–Crippen MR) is 68.6 cm³/mol. The van der Waals surface area contributed by atoms with E-state index < -0.39 is 0 Å². The van der Waals surface area contributed by atoms with Gasteiger partial charge in [-0.3, -0.25) is 14.5 Å². The van der Waals surface area contributed by atoms with Crippen LogP contribution in [-0.2, 0) is 9.53 Å². The Morgan fingerprint density at radius 1 is 1.30 bits per heavy atom. The highest BCUT2D eigenvalue weighted by Gasteiger charge is 2.37. The monoisotopic (exact) mass is 272 g/mol. The van der Waals surface area contributed by atoms with E-state index in [0.717, 1.165) is 12.8 Å². The van der Waals surface area contributed by atoms with Gasteiger partial charge >= 0.3 is 0 Å². The molecule has 1 fully saturated rings. The molecule has 6 nitrogen and oxygen atoms in total. The number of imide groups is 1. The fraction of sp³-hybridized carbons (Fsp3) is 0.357. The van der Waals surface area contributed by atoms with Crippen molar-refractivity contribution in [1.82, 2.24) is 4.90 Å². The highest BCUT2D eigenvalue weighted by atomic mass is 16.5. The third-order valence-electron chi connectivity index (χ3n) is 3.54. The lowest BCUT2D eigenvalue weighted by atomic mass is 10.1. The summed E-state index contributed by atoms with van der Waals surface area (Å²) >= 11 is 0. The number of carbonyl (C=O) groups excluding carboxylic acids is 3. The zero-order chi connectivity index (χ0) is 14.1. The van der Waals surface area contributed by atoms with Crippen LogP contribution < -0.4 is 0 Å². The highest BCUT2D eigenvalue weighted by Crippen LogP contribution is 2.28. The summed E-state index contributed by atoms with van der Waals surface area (Å²) in [5, 5.41) is 0. The van der Waals surface area contributed by atoms with Gasteiger partial charge in [-0.25, -0.2) is 4.79 Å². The molecule has 2 heterocycles. The maximum absolute atomic E-state index is 12.3. The maximum Gasteiger partial charge on any atom is 0.261 e. The quantitative estimate of drug-likeness (QED) is 0.474. The van der Waals surface area contributed by atoms with Crippen LogP contribution in [0.2, 0.25) is 0 Å². The Hall–Kier alpha value is -2.30. The van der Waals surface area contributed by atoms with Crippen molar-refractivity contribution in [2.75, 3.05) is 13.2 Å². The molecule has 2 aliphatic rings. The summed E-state index contributed by atoms with van der Waals surface area (Å²) in [5.41, 5.74) is 0.946. The largest absolute Gasteiger partial charge is 0.376 e. The molecule has 2 amide bonds. The van der Waals surface area contributed by atoms with Crippen molar-refractivity contribution in [2.24, 2.45) is 4.99 Å². The smallest absolute Gasteiger partial charge is 0.261 e. The lowest BCUT2D eigenvalue weighted by molar-refractivity contribution is 0.0475. The third kappa shape index (κ3) is 2.05. The Labute approximate surface area is 115 Å². The summed E-state index contributed by atoms with van der Waals surface area (Å²) in [6, 6.07) is 4.47. The number of fused-ring (bicyclic) bond motifs is 1. The van der Waals surface area contributed by atoms with Crippen molar-refractivity contribution in [3.8, 4) is 0 Å². The van der Waals surface area contributed by atoms with Crippen LogP contribution in [0, 0.1) is 0 Å². The first-order valence-corrected chi connectivity index (χ1v) is 6.40. The normalized spacial score (nSPS) is 21.0. The number of hydrogen-bond acceptors (Lipinski definition) is 5. The second kappa shape index (κ2) is 5.00. The first-order chi connectivity index (χ1) is 9.70. The molecule has 3 rings (SSSR count). The number of nitrogens with zero attached hydrogens (tertiary/aromatic N) is 2. The van der Waals surface area contributed by atoms with Gasteiger partial charge in [-0.15, -0.1) is 0 Å². The van der Waals surface area contributed by atoms with Crippen molar-refractivity contribution in [2.45, 2.75) is 18.9 Å². The van der Waals surface area contributed by atoms with Gasteiger partial charge in [-0.05, 0) is 31.0 Å². The molecule has 6 heteroatoms. The molecule has 0 radical (unpaired) electrons. The van der Waals surface area contributed by atoms with E-state index in [1.165, 1.54) is 29.2 Å². The first kappa shape index (κ1) is 12.7. The van der Waals surface area contributed by atoms with Gasteiger partial charge in [0.05, 0.1) is 29.5 Å². The molecule has 1 atom stereocenters. The summed E-state index contributed by atoms with van der Waals surface area (Å²) in [4.78, 5) is 39.4. The molecule has 0 bridgehead atoms. The second-order valence-corrected chi connectivity index (χ2v) is 4.79. The number of ether oxygens (including phenoxy) is 1. The SMILES string of the molecule is O=C=Nc1ccc2c(c1)C(=O)N(CC1CCCO1)C2=O. The molecule has 0 N–H and O–H groups in total. The number of amides is 2. The van der Waals surface area contributed by atoms with Crippen LogP contribution in [0.15, 0.2) is 23.2 Å². The number of benzene rings is 1. The number of hydrogen-bond donors (Lipinski definition) is 0. The lowest BCUT2D eigenvalue weighted by Gasteiger charge is -2.17. The van der Waals surface area contributed by atoms with Crippen molar-refractivity contribution < 1.29 is 19.1 Å². The predicted octanol–water partition coefficient (Wildman–Crippen LogP) is 1.43. The fourth-order valence-electron chi connectivity index (χ4n) is 2.56. The number of carbonyl (C=O) groups is 2. The summed E-state index contributed by atoms with van der Waals surface area (Å²) in [6.07, 6.45) is 3.14. The van der Waals surface area contributed by atoms with E-state index in [0.29, 0.717) is 17.9 Å². The van der Waals surface area contributed by atoms with Gasteiger partial charge < -0.3 is 4.74 Å². The Bertz CT molecular complexity index is 628. The zero-order valence-corrected chi connectivity index (χ0v) is 10.7. The first-order valence-electron chi connectivity index (χ1n) is 6.40. The minimum absolute atomic E-state index is 0.0790. The average Bonchev–Trinajstić information content (AvgIpc) is 3.03. The molecule has 20 heavy (non-hydrogen) atoms. The molecule has 1 unspecified atom stereocenters. The minimum atomic E-state index is -0.358. The van der Waals surface area contributed by atoms with Crippen LogP contribution >= 0.6 is 0 Å². The van der Waals surface area contributed by atoms with E-state index in [4.69, 9.17) is 4.74 Å². The number of rotatable bonds is 3. The van der Waals surface area contributed by atoms with Crippen LogP contribution in [0.5, 0.6) is 0 Å². The average molecular weight is 272 g/mol. The van der Waals surface area contributed by atoms with E-state index in [-0.39, 0.29) is 30.0 Å². The molecule has 0 aliphatic carbocycles. The van der Waals surface area contributed by atoms with Gasteiger partial charge in [0.15, 0.2) is 0 Å². The Morgan fingerprint density at radius 3 is 2.80 bits per heavy atom. The van der Waals surface area contributed by atoms with Crippen molar-refractivity contribution in [3.63, 3.8) is 0 Å². The second-order valence-electron chi connectivity index (χ2n) is 4.79. The molecule has 102 valence electrons. The molecule has 0 spiro atoms. The minimum Gasteiger partial charge on any atom is -0.376 e. The summed E-state index contributed by atoms with van der Waals surface area (Å²) < 4.78 is 5.46. The van der Waals surface area contributed by atoms with E-state index in [1.807, 2.05) is 0 Å². The summed E-state index contributed by atoms with van der Waals surface area (Å²) in [6.45, 7) is 0.949. The van der Waals surface area contributed by atoms with Crippen molar-refractivity contribution in [1.29, 1.82) is 0 Å². The topological polar surface area (TPSA) is 76.0 Å². The maximum atomic E-state index is 12.3. The van der Waals surface area contributed by atoms with Gasteiger partial charge in [-0.1, -0.05) is 0 Å². The number of aliphatic imine (C=N–C) groups is 1. The Balaban J connectivity index is 1.88. The van der Waals surface area contributed by atoms with Gasteiger partial charge in [0.25, 0.3) is 11.8 Å². The van der Waals surface area contributed by atoms with Crippen LogP contribution in [0.4, 0.5) is 5.69 Å². The number of isocyanates is 1. The van der Waals surface area contributed by atoms with Gasteiger partial charge in [0, 0.05) is 6.61 Å². The highest BCUT2D eigenvalue weighted by molar-refractivity contribution is 6.21. The van der Waals surface area contributed by atoms with E-state index in [1.54, 1.807) is 0 Å². The van der Waals surface area contributed by atoms with Crippen molar-refractivity contribution >= 4 is 23.6 Å². The summed E-state index contributed by atoms with van der Waals surface area (Å²) in [7, 11) is 0.